The molecule has 1 atom stereocenters. The van der Waals surface area contributed by atoms with E-state index < -0.39 is 0 Å². The number of hydrogen-bond acceptors (Lipinski definition) is 2. The van der Waals surface area contributed by atoms with Crippen molar-refractivity contribution in [2.24, 2.45) is 17.3 Å². The Labute approximate surface area is 212 Å². The second-order valence-electron chi connectivity index (χ2n) is 10.1. The molecule has 0 amide bonds. The van der Waals surface area contributed by atoms with Gasteiger partial charge in [-0.2, -0.15) is 0 Å². The van der Waals surface area contributed by atoms with E-state index in [2.05, 4.69) is 77.3 Å². The van der Waals surface area contributed by atoms with Crippen molar-refractivity contribution in [2.45, 2.75) is 99.8 Å². The minimum Gasteiger partial charge on any atom is -0.498 e. The van der Waals surface area contributed by atoms with E-state index in [1.165, 1.54) is 51.6 Å². The van der Waals surface area contributed by atoms with Crippen LogP contribution in [0.4, 0.5) is 0 Å². The van der Waals surface area contributed by atoms with Gasteiger partial charge >= 0.3 is 0 Å². The van der Waals surface area contributed by atoms with E-state index in [0.29, 0.717) is 5.41 Å². The van der Waals surface area contributed by atoms with Crippen molar-refractivity contribution < 1.29 is 4.74 Å². The number of piperidine rings is 1. The van der Waals surface area contributed by atoms with Crippen LogP contribution in [0.5, 0.6) is 0 Å². The summed E-state index contributed by atoms with van der Waals surface area (Å²) in [5, 5.41) is 0. The summed E-state index contributed by atoms with van der Waals surface area (Å²) in [6, 6.07) is 0. The van der Waals surface area contributed by atoms with E-state index in [-0.39, 0.29) is 0 Å². The zero-order valence-corrected chi connectivity index (χ0v) is 23.7. The van der Waals surface area contributed by atoms with Crippen LogP contribution in [-0.4, -0.2) is 31.1 Å². The zero-order chi connectivity index (χ0) is 25.4. The van der Waals surface area contributed by atoms with E-state index in [0.717, 1.165) is 49.2 Å². The maximum atomic E-state index is 5.92. The summed E-state index contributed by atoms with van der Waals surface area (Å²) in [6.45, 7) is 24.0. The summed E-state index contributed by atoms with van der Waals surface area (Å²) in [7, 11) is 0. The van der Waals surface area contributed by atoms with Gasteiger partial charge in [-0.1, -0.05) is 89.5 Å². The third kappa shape index (κ3) is 8.91. The number of nitrogens with zero attached hydrogens (tertiary/aromatic N) is 1. The maximum Gasteiger partial charge on any atom is 0.0928 e. The van der Waals surface area contributed by atoms with Gasteiger partial charge in [0.2, 0.25) is 0 Å². The Morgan fingerprint density at radius 2 is 1.76 bits per heavy atom. The summed E-state index contributed by atoms with van der Waals surface area (Å²) in [5.74, 6) is 2.53. The maximum absolute atomic E-state index is 5.92. The highest BCUT2D eigenvalue weighted by atomic mass is 16.5. The van der Waals surface area contributed by atoms with Crippen LogP contribution in [0, 0.1) is 17.3 Å². The minimum atomic E-state index is 0.328. The number of hydrogen-bond donors (Lipinski definition) is 0. The molecule has 1 fully saturated rings. The number of allylic oxidation sites excluding steroid dienone is 9. The molecule has 1 aliphatic rings. The molecule has 0 aliphatic carbocycles. The Morgan fingerprint density at radius 1 is 1.09 bits per heavy atom. The van der Waals surface area contributed by atoms with Crippen LogP contribution in [0.3, 0.4) is 0 Å². The Morgan fingerprint density at radius 3 is 2.29 bits per heavy atom. The number of rotatable bonds is 16. The Bertz CT molecular complexity index is 686. The molecule has 1 unspecified atom stereocenters. The average molecular weight is 470 g/mol. The summed E-state index contributed by atoms with van der Waals surface area (Å²) in [5.41, 5.74) is 3.11. The quantitative estimate of drug-likeness (QED) is 0.127. The largest absolute Gasteiger partial charge is 0.498 e. The van der Waals surface area contributed by atoms with Crippen LogP contribution in [0.15, 0.2) is 59.9 Å². The number of ether oxygens (including phenoxy) is 1. The molecule has 0 aromatic heterocycles. The molecule has 194 valence electrons. The van der Waals surface area contributed by atoms with Gasteiger partial charge in [-0.05, 0) is 89.4 Å². The molecule has 2 heteroatoms. The molecule has 0 radical (unpaired) electrons. The average Bonchev–Trinajstić information content (AvgIpc) is 2.85. The molecule has 0 aromatic rings. The second kappa shape index (κ2) is 17.0. The van der Waals surface area contributed by atoms with Gasteiger partial charge < -0.3 is 9.64 Å². The van der Waals surface area contributed by atoms with E-state index in [1.54, 1.807) is 5.57 Å². The first-order valence-electron chi connectivity index (χ1n) is 14.1. The van der Waals surface area contributed by atoms with Gasteiger partial charge in [-0.25, -0.2) is 0 Å². The standard InChI is InChI=1S/C32H55NO/c1-9-16-30(17-10-2)32(22-11-3,29(13-5)14-6)31-20-24-33(25-21-31)23-15-26-34-28(8)19-18-27(7)12-4/h9,12,16-19,29,31H,4,10-11,13-15,20-26H2,1-3,5-8H3/b16-9-,27-18-,28-19+,30-17+. The molecule has 0 saturated carbocycles. The normalized spacial score (nSPS) is 19.1. The fourth-order valence-electron chi connectivity index (χ4n) is 6.16. The van der Waals surface area contributed by atoms with Gasteiger partial charge in [0.15, 0.2) is 0 Å². The third-order valence-corrected chi connectivity index (χ3v) is 7.85. The molecular weight excluding hydrogens is 414 g/mol. The first-order valence-corrected chi connectivity index (χ1v) is 14.1. The monoisotopic (exact) mass is 469 g/mol. The fourth-order valence-corrected chi connectivity index (χ4v) is 6.16. The van der Waals surface area contributed by atoms with Gasteiger partial charge in [-0.15, -0.1) is 0 Å². The SMILES string of the molecule is C=C/C(C)=C\C=C(/C)OCCCN1CCC(C(CCC)(C(/C=C\C)=C/CC)C(CC)CC)CC1. The Kier molecular flexibility index (Phi) is 15.2. The lowest BCUT2D eigenvalue weighted by atomic mass is 9.56. The molecule has 0 bridgehead atoms. The van der Waals surface area contributed by atoms with Gasteiger partial charge in [-0.3, -0.25) is 0 Å². The van der Waals surface area contributed by atoms with Crippen LogP contribution < -0.4 is 0 Å². The van der Waals surface area contributed by atoms with Crippen LogP contribution in [0.25, 0.3) is 0 Å². The molecule has 0 N–H and O–H groups in total. The fraction of sp³-hybridized carbons (Fsp3) is 0.688. The lowest BCUT2D eigenvalue weighted by molar-refractivity contribution is 0.0403. The van der Waals surface area contributed by atoms with Crippen molar-refractivity contribution in [1.82, 2.24) is 4.90 Å². The molecule has 1 aliphatic heterocycles. The van der Waals surface area contributed by atoms with Crippen LogP contribution in [0.2, 0.25) is 0 Å². The van der Waals surface area contributed by atoms with Crippen LogP contribution >= 0.6 is 0 Å². The second-order valence-corrected chi connectivity index (χ2v) is 10.1. The van der Waals surface area contributed by atoms with Gasteiger partial charge in [0.05, 0.1) is 12.4 Å². The Hall–Kier alpha value is -1.54. The minimum absolute atomic E-state index is 0.328. The van der Waals surface area contributed by atoms with E-state index >= 15 is 0 Å². The predicted molar refractivity (Wildman–Crippen MR) is 152 cm³/mol. The third-order valence-electron chi connectivity index (χ3n) is 7.85. The predicted octanol–water partition coefficient (Wildman–Crippen LogP) is 9.28. The van der Waals surface area contributed by atoms with Gasteiger partial charge in [0.25, 0.3) is 0 Å². The van der Waals surface area contributed by atoms with Crippen LogP contribution in [0.1, 0.15) is 99.8 Å². The smallest absolute Gasteiger partial charge is 0.0928 e. The molecular formula is C32H55NO. The highest BCUT2D eigenvalue weighted by Crippen LogP contribution is 2.53. The lowest BCUT2D eigenvalue weighted by Crippen LogP contribution is -2.46. The zero-order valence-electron chi connectivity index (χ0n) is 23.7. The van der Waals surface area contributed by atoms with Crippen molar-refractivity contribution in [3.8, 4) is 0 Å². The Balaban J connectivity index is 2.82. The topological polar surface area (TPSA) is 12.5 Å². The lowest BCUT2D eigenvalue weighted by Gasteiger charge is -2.51. The highest BCUT2D eigenvalue weighted by molar-refractivity contribution is 5.30. The molecule has 0 spiro atoms. The first kappa shape index (κ1) is 30.5. The van der Waals surface area contributed by atoms with Crippen molar-refractivity contribution in [3.63, 3.8) is 0 Å². The summed E-state index contributed by atoms with van der Waals surface area (Å²) in [6.07, 6.45) is 23.2. The molecule has 34 heavy (non-hydrogen) atoms. The van der Waals surface area contributed by atoms with E-state index in [9.17, 15) is 0 Å². The molecule has 2 nitrogen and oxygen atoms in total. The summed E-state index contributed by atoms with van der Waals surface area (Å²) < 4.78 is 5.92. The highest BCUT2D eigenvalue weighted by Gasteiger charge is 2.45. The molecule has 1 rings (SSSR count). The number of likely N-dealkylation sites (tertiary alicyclic amines) is 1. The van der Waals surface area contributed by atoms with E-state index in [4.69, 9.17) is 4.74 Å². The van der Waals surface area contributed by atoms with Crippen molar-refractivity contribution in [1.29, 1.82) is 0 Å². The van der Waals surface area contributed by atoms with Crippen molar-refractivity contribution in [2.75, 3.05) is 26.2 Å². The van der Waals surface area contributed by atoms with E-state index in [1.807, 2.05) is 19.1 Å². The summed E-state index contributed by atoms with van der Waals surface area (Å²) >= 11 is 0. The first-order chi connectivity index (χ1) is 16.4. The van der Waals surface area contributed by atoms with Gasteiger partial charge in [0.1, 0.15) is 0 Å². The molecule has 1 heterocycles. The molecule has 0 aromatic carbocycles. The molecule has 1 saturated heterocycles. The van der Waals surface area contributed by atoms with Crippen LogP contribution in [-0.2, 0) is 4.74 Å². The van der Waals surface area contributed by atoms with Crippen molar-refractivity contribution in [3.05, 3.63) is 59.9 Å². The van der Waals surface area contributed by atoms with Crippen molar-refractivity contribution >= 4 is 0 Å². The summed E-state index contributed by atoms with van der Waals surface area (Å²) in [4.78, 5) is 2.67. The van der Waals surface area contributed by atoms with Gasteiger partial charge in [0, 0.05) is 12.0 Å².